The quantitative estimate of drug-likeness (QED) is 0.671. The Hall–Kier alpha value is -1.64. The van der Waals surface area contributed by atoms with E-state index in [1.165, 1.54) is 11.8 Å². The van der Waals surface area contributed by atoms with Crippen molar-refractivity contribution in [2.75, 3.05) is 18.1 Å². The summed E-state index contributed by atoms with van der Waals surface area (Å²) in [5, 5.41) is 10.2. The Kier molecular flexibility index (Phi) is 6.28. The molecule has 25 heavy (non-hydrogen) atoms. The number of thiophene rings is 2. The lowest BCUT2D eigenvalue weighted by atomic mass is 10.1. The van der Waals surface area contributed by atoms with Gasteiger partial charge in [-0.2, -0.15) is 5.10 Å². The van der Waals surface area contributed by atoms with Gasteiger partial charge < -0.3 is 4.74 Å². The van der Waals surface area contributed by atoms with Gasteiger partial charge in [0.05, 0.1) is 34.7 Å². The molecule has 0 aromatic carbocycles. The number of hydrogen-bond acceptors (Lipinski definition) is 7. The summed E-state index contributed by atoms with van der Waals surface area (Å²) >= 11 is 4.53. The minimum Gasteiger partial charge on any atom is -0.465 e. The van der Waals surface area contributed by atoms with E-state index in [-0.39, 0.29) is 29.4 Å². The highest BCUT2D eigenvalue weighted by molar-refractivity contribution is 8.00. The van der Waals surface area contributed by atoms with Gasteiger partial charge in [0.25, 0.3) is 5.91 Å². The SMILES string of the molecule is CCOC(=O)CSCC(=O)N1N=C(c2cccs2)C[C@H]1c1cccs1. The Morgan fingerprint density at radius 3 is 2.76 bits per heavy atom. The summed E-state index contributed by atoms with van der Waals surface area (Å²) < 4.78 is 4.89. The fraction of sp³-hybridized carbons (Fsp3) is 0.353. The molecule has 0 fully saturated rings. The van der Waals surface area contributed by atoms with E-state index in [0.29, 0.717) is 6.61 Å². The van der Waals surface area contributed by atoms with Gasteiger partial charge in [-0.05, 0) is 29.8 Å². The summed E-state index contributed by atoms with van der Waals surface area (Å²) in [6, 6.07) is 7.98. The summed E-state index contributed by atoms with van der Waals surface area (Å²) in [5.74, 6) is 0.0130. The van der Waals surface area contributed by atoms with Gasteiger partial charge >= 0.3 is 5.97 Å². The highest BCUT2D eigenvalue weighted by atomic mass is 32.2. The van der Waals surface area contributed by atoms with Crippen LogP contribution in [0.5, 0.6) is 0 Å². The zero-order chi connectivity index (χ0) is 17.6. The highest BCUT2D eigenvalue weighted by Crippen LogP contribution is 2.36. The van der Waals surface area contributed by atoms with Crippen molar-refractivity contribution < 1.29 is 14.3 Å². The smallest absolute Gasteiger partial charge is 0.315 e. The molecule has 132 valence electrons. The Labute approximate surface area is 158 Å². The lowest BCUT2D eigenvalue weighted by molar-refractivity contribution is -0.139. The van der Waals surface area contributed by atoms with E-state index in [0.717, 1.165) is 21.9 Å². The molecule has 1 aliphatic rings. The van der Waals surface area contributed by atoms with E-state index in [9.17, 15) is 9.59 Å². The molecule has 0 radical (unpaired) electrons. The van der Waals surface area contributed by atoms with E-state index in [1.807, 2.05) is 35.0 Å². The molecule has 0 saturated heterocycles. The Morgan fingerprint density at radius 2 is 2.08 bits per heavy atom. The molecule has 0 unspecified atom stereocenters. The molecule has 2 aromatic rings. The van der Waals surface area contributed by atoms with Gasteiger partial charge in [-0.15, -0.1) is 34.4 Å². The van der Waals surface area contributed by atoms with Gasteiger partial charge in [-0.1, -0.05) is 12.1 Å². The lowest BCUT2D eigenvalue weighted by Crippen LogP contribution is -2.28. The third-order valence-electron chi connectivity index (χ3n) is 3.59. The van der Waals surface area contributed by atoms with Crippen LogP contribution >= 0.6 is 34.4 Å². The molecule has 1 atom stereocenters. The maximum atomic E-state index is 12.7. The third-order valence-corrected chi connectivity index (χ3v) is 6.38. The molecule has 0 N–H and O–H groups in total. The number of esters is 1. The predicted octanol–water partition coefficient (Wildman–Crippen LogP) is 3.78. The number of amides is 1. The first-order chi connectivity index (χ1) is 12.2. The minimum atomic E-state index is -0.292. The molecular weight excluding hydrogens is 376 g/mol. The molecule has 8 heteroatoms. The fourth-order valence-electron chi connectivity index (χ4n) is 2.52. The molecule has 0 saturated carbocycles. The molecular formula is C17H18N2O3S3. The van der Waals surface area contributed by atoms with Crippen LogP contribution in [0, 0.1) is 0 Å². The maximum absolute atomic E-state index is 12.7. The average Bonchev–Trinajstić information content (AvgIpc) is 3.33. The largest absolute Gasteiger partial charge is 0.465 e. The van der Waals surface area contributed by atoms with E-state index >= 15 is 0 Å². The zero-order valence-electron chi connectivity index (χ0n) is 13.7. The number of ether oxygens (including phenoxy) is 1. The monoisotopic (exact) mass is 394 g/mol. The number of hydrazone groups is 1. The first-order valence-corrected chi connectivity index (χ1v) is 10.8. The van der Waals surface area contributed by atoms with Crippen LogP contribution < -0.4 is 0 Å². The van der Waals surface area contributed by atoms with Crippen molar-refractivity contribution in [1.82, 2.24) is 5.01 Å². The highest BCUT2D eigenvalue weighted by Gasteiger charge is 2.33. The number of carbonyl (C=O) groups excluding carboxylic acids is 2. The predicted molar refractivity (Wildman–Crippen MR) is 103 cm³/mol. The van der Waals surface area contributed by atoms with Gasteiger partial charge in [-0.25, -0.2) is 5.01 Å². The number of carbonyl (C=O) groups is 2. The van der Waals surface area contributed by atoms with Gasteiger partial charge in [0, 0.05) is 11.3 Å². The molecule has 2 aromatic heterocycles. The summed E-state index contributed by atoms with van der Waals surface area (Å²) in [7, 11) is 0. The Morgan fingerprint density at radius 1 is 1.28 bits per heavy atom. The van der Waals surface area contributed by atoms with Crippen LogP contribution in [0.3, 0.4) is 0 Å². The van der Waals surface area contributed by atoms with Crippen LogP contribution in [-0.2, 0) is 14.3 Å². The van der Waals surface area contributed by atoms with Gasteiger partial charge in [-0.3, -0.25) is 9.59 Å². The molecule has 0 aliphatic carbocycles. The Bertz CT molecular complexity index is 741. The van der Waals surface area contributed by atoms with Crippen molar-refractivity contribution in [3.8, 4) is 0 Å². The summed E-state index contributed by atoms with van der Waals surface area (Å²) in [6.45, 7) is 2.12. The Balaban J connectivity index is 1.68. The fourth-order valence-corrected chi connectivity index (χ4v) is 4.72. The van der Waals surface area contributed by atoms with Crippen molar-refractivity contribution >= 4 is 52.0 Å². The third kappa shape index (κ3) is 4.50. The van der Waals surface area contributed by atoms with Crippen molar-refractivity contribution in [2.24, 2.45) is 5.10 Å². The number of hydrogen-bond donors (Lipinski definition) is 0. The zero-order valence-corrected chi connectivity index (χ0v) is 16.2. The number of thioether (sulfide) groups is 1. The second kappa shape index (κ2) is 8.64. The lowest BCUT2D eigenvalue weighted by Gasteiger charge is -2.20. The molecule has 0 bridgehead atoms. The van der Waals surface area contributed by atoms with Crippen molar-refractivity contribution in [3.05, 3.63) is 44.8 Å². The molecule has 0 spiro atoms. The first-order valence-electron chi connectivity index (χ1n) is 7.89. The topological polar surface area (TPSA) is 59.0 Å². The maximum Gasteiger partial charge on any atom is 0.315 e. The molecule has 1 aliphatic heterocycles. The molecule has 3 heterocycles. The van der Waals surface area contributed by atoms with Gasteiger partial charge in [0.15, 0.2) is 0 Å². The second-order valence-corrected chi connectivity index (χ2v) is 8.21. The van der Waals surface area contributed by atoms with Crippen LogP contribution in [0.2, 0.25) is 0 Å². The number of nitrogens with zero attached hydrogens (tertiary/aromatic N) is 2. The average molecular weight is 395 g/mol. The van der Waals surface area contributed by atoms with Crippen LogP contribution in [0.4, 0.5) is 0 Å². The van der Waals surface area contributed by atoms with E-state index < -0.39 is 0 Å². The first kappa shape index (κ1) is 18.2. The van der Waals surface area contributed by atoms with E-state index in [1.54, 1.807) is 34.6 Å². The van der Waals surface area contributed by atoms with Gasteiger partial charge in [0.2, 0.25) is 0 Å². The van der Waals surface area contributed by atoms with Crippen LogP contribution in [-0.4, -0.2) is 40.7 Å². The second-order valence-electron chi connectivity index (χ2n) is 5.30. The van der Waals surface area contributed by atoms with E-state index in [2.05, 4.69) is 5.10 Å². The number of rotatable bonds is 7. The van der Waals surface area contributed by atoms with Crippen molar-refractivity contribution in [1.29, 1.82) is 0 Å². The van der Waals surface area contributed by atoms with E-state index in [4.69, 9.17) is 4.74 Å². The standard InChI is InChI=1S/C17H18N2O3S3/c1-2-22-17(21)11-23-10-16(20)19-13(15-6-4-8-25-15)9-12(18-19)14-5-3-7-24-14/h3-8,13H,2,9-11H2,1H3/t13-/m0/s1. The van der Waals surface area contributed by atoms with Gasteiger partial charge in [0.1, 0.15) is 0 Å². The van der Waals surface area contributed by atoms with Crippen LogP contribution in [0.1, 0.15) is 29.1 Å². The molecule has 1 amide bonds. The van der Waals surface area contributed by atoms with Crippen molar-refractivity contribution in [3.63, 3.8) is 0 Å². The van der Waals surface area contributed by atoms with Crippen LogP contribution in [0.15, 0.2) is 40.1 Å². The summed E-state index contributed by atoms with van der Waals surface area (Å²) in [5.41, 5.74) is 0.942. The summed E-state index contributed by atoms with van der Waals surface area (Å²) in [6.07, 6.45) is 0.718. The van der Waals surface area contributed by atoms with Crippen LogP contribution in [0.25, 0.3) is 0 Å². The molecule has 3 rings (SSSR count). The normalized spacial score (nSPS) is 16.8. The van der Waals surface area contributed by atoms with Crippen molar-refractivity contribution in [2.45, 2.75) is 19.4 Å². The minimum absolute atomic E-state index is 0.0622. The molecule has 5 nitrogen and oxygen atoms in total. The summed E-state index contributed by atoms with van der Waals surface area (Å²) in [4.78, 5) is 26.3.